The number of hydrogen-bond acceptors (Lipinski definition) is 2. The van der Waals surface area contributed by atoms with Gasteiger partial charge in [0.1, 0.15) is 0 Å². The Bertz CT molecular complexity index is 791. The van der Waals surface area contributed by atoms with Crippen molar-refractivity contribution >= 4 is 36.1 Å². The molecule has 146 valence electrons. The molecule has 0 fully saturated rings. The van der Waals surface area contributed by atoms with Crippen molar-refractivity contribution in [2.75, 3.05) is 4.31 Å². The van der Waals surface area contributed by atoms with E-state index < -0.39 is 35.2 Å². The van der Waals surface area contributed by atoms with Crippen LogP contribution in [0.15, 0.2) is 42.5 Å². The molecule has 0 spiro atoms. The van der Waals surface area contributed by atoms with E-state index in [1.165, 1.54) is 0 Å². The van der Waals surface area contributed by atoms with E-state index in [-0.39, 0.29) is 12.6 Å². The van der Waals surface area contributed by atoms with Gasteiger partial charge >= 0.3 is 18.4 Å². The first-order valence-electron chi connectivity index (χ1n) is 7.18. The number of carbonyl (C=O) groups excluding carboxylic acids is 1. The van der Waals surface area contributed by atoms with Crippen LogP contribution in [0.2, 0.25) is 5.02 Å². The lowest BCUT2D eigenvalue weighted by Crippen LogP contribution is -2.33. The Morgan fingerprint density at radius 3 is 1.89 bits per heavy atom. The number of thiol groups is 1. The normalized spacial score (nSPS) is 12.0. The molecule has 0 unspecified atom stereocenters. The van der Waals surface area contributed by atoms with Crippen molar-refractivity contribution in [3.8, 4) is 0 Å². The first-order chi connectivity index (χ1) is 12.4. The largest absolute Gasteiger partial charge is 0.416 e. The first-order valence-corrected chi connectivity index (χ1v) is 7.96. The number of rotatable bonds is 3. The minimum atomic E-state index is -5.02. The summed E-state index contributed by atoms with van der Waals surface area (Å²) in [6.45, 7) is -0.0296. The first kappa shape index (κ1) is 21.2. The Hall–Kier alpha value is -2.07. The summed E-state index contributed by atoms with van der Waals surface area (Å²) in [5.41, 5.74) is -3.14. The van der Waals surface area contributed by atoms with Gasteiger partial charge in [0.15, 0.2) is 0 Å². The highest BCUT2D eigenvalue weighted by Gasteiger charge is 2.37. The maximum Gasteiger partial charge on any atom is 0.416 e. The second kappa shape index (κ2) is 7.89. The van der Waals surface area contributed by atoms with Gasteiger partial charge in [-0.15, -0.1) is 0 Å². The van der Waals surface area contributed by atoms with Gasteiger partial charge in [-0.2, -0.15) is 26.3 Å². The van der Waals surface area contributed by atoms with Crippen LogP contribution in [0.1, 0.15) is 16.7 Å². The van der Waals surface area contributed by atoms with Gasteiger partial charge in [-0.3, -0.25) is 0 Å². The molecule has 1 N–H and O–H groups in total. The molecule has 0 radical (unpaired) electrons. The summed E-state index contributed by atoms with van der Waals surface area (Å²) in [6.07, 6.45) is -10.0. The van der Waals surface area contributed by atoms with E-state index in [9.17, 15) is 31.1 Å². The number of urea groups is 1. The molecule has 0 aliphatic rings. The smallest absolute Gasteiger partial charge is 0.333 e. The Labute approximate surface area is 160 Å². The fourth-order valence-corrected chi connectivity index (χ4v) is 2.35. The molecule has 0 bridgehead atoms. The predicted molar refractivity (Wildman–Crippen MR) is 91.6 cm³/mol. The maximum absolute atomic E-state index is 12.9. The zero-order chi connectivity index (χ0) is 20.4. The number of anilines is 1. The van der Waals surface area contributed by atoms with Crippen LogP contribution < -0.4 is 9.62 Å². The lowest BCUT2D eigenvalue weighted by atomic mass is 10.1. The summed E-state index contributed by atoms with van der Waals surface area (Å²) in [4.78, 5) is 12.1. The minimum Gasteiger partial charge on any atom is -0.333 e. The fourth-order valence-electron chi connectivity index (χ4n) is 2.03. The Morgan fingerprint density at radius 2 is 1.44 bits per heavy atom. The van der Waals surface area contributed by atoms with E-state index in [1.54, 1.807) is 24.3 Å². The Morgan fingerprint density at radius 1 is 0.963 bits per heavy atom. The predicted octanol–water partition coefficient (Wildman–Crippen LogP) is 5.94. The quantitative estimate of drug-likeness (QED) is 0.460. The highest BCUT2D eigenvalue weighted by Crippen LogP contribution is 2.38. The van der Waals surface area contributed by atoms with E-state index in [0.29, 0.717) is 27.0 Å². The molecule has 2 amide bonds. The molecule has 11 heteroatoms. The molecule has 0 aromatic heterocycles. The van der Waals surface area contributed by atoms with Crippen molar-refractivity contribution in [2.45, 2.75) is 18.9 Å². The SMILES string of the molecule is O=C(NCc1ccc(Cl)cc1)N(S)c1cc(C(F)(F)F)cc(C(F)(F)F)c1. The molecule has 0 heterocycles. The average molecular weight is 429 g/mol. The zero-order valence-corrected chi connectivity index (χ0v) is 14.8. The van der Waals surface area contributed by atoms with E-state index in [2.05, 4.69) is 18.1 Å². The summed E-state index contributed by atoms with van der Waals surface area (Å²) in [6, 6.07) is 6.09. The summed E-state index contributed by atoms with van der Waals surface area (Å²) >= 11 is 9.45. The molecule has 0 saturated heterocycles. The fraction of sp³-hybridized carbons (Fsp3) is 0.188. The molecule has 0 aliphatic heterocycles. The molecular formula is C16H11ClF6N2OS. The number of carbonyl (C=O) groups is 1. The highest BCUT2D eigenvalue weighted by atomic mass is 35.5. The Kier molecular flexibility index (Phi) is 6.21. The lowest BCUT2D eigenvalue weighted by Gasteiger charge is -2.20. The van der Waals surface area contributed by atoms with E-state index in [1.807, 2.05) is 0 Å². The average Bonchev–Trinajstić information content (AvgIpc) is 2.58. The Balaban J connectivity index is 2.24. The van der Waals surface area contributed by atoms with Gasteiger partial charge in [-0.1, -0.05) is 36.5 Å². The van der Waals surface area contributed by atoms with Crippen molar-refractivity contribution < 1.29 is 31.1 Å². The van der Waals surface area contributed by atoms with Gasteiger partial charge in [0.25, 0.3) is 0 Å². The van der Waals surface area contributed by atoms with Crippen LogP contribution in [-0.2, 0) is 18.9 Å². The molecule has 0 aliphatic carbocycles. The third kappa shape index (κ3) is 5.70. The summed E-state index contributed by atoms with van der Waals surface area (Å²) < 4.78 is 77.7. The molecule has 2 rings (SSSR count). The molecule has 2 aromatic rings. The van der Waals surface area contributed by atoms with Gasteiger partial charge in [0.05, 0.1) is 16.8 Å². The van der Waals surface area contributed by atoms with Crippen molar-refractivity contribution in [1.29, 1.82) is 0 Å². The van der Waals surface area contributed by atoms with Crippen LogP contribution in [-0.4, -0.2) is 6.03 Å². The number of amides is 2. The van der Waals surface area contributed by atoms with Crippen LogP contribution in [0, 0.1) is 0 Å². The highest BCUT2D eigenvalue weighted by molar-refractivity contribution is 7.82. The topological polar surface area (TPSA) is 32.3 Å². The number of alkyl halides is 6. The zero-order valence-electron chi connectivity index (χ0n) is 13.2. The summed E-state index contributed by atoms with van der Waals surface area (Å²) in [7, 11) is 0. The van der Waals surface area contributed by atoms with E-state index in [0.717, 1.165) is 0 Å². The molecule has 27 heavy (non-hydrogen) atoms. The summed E-state index contributed by atoms with van der Waals surface area (Å²) in [5, 5.41) is 2.80. The van der Waals surface area contributed by atoms with Gasteiger partial charge in [0, 0.05) is 11.6 Å². The molecule has 0 atom stereocenters. The third-order valence-corrected chi connectivity index (χ3v) is 4.03. The van der Waals surface area contributed by atoms with Crippen LogP contribution in [0.4, 0.5) is 36.8 Å². The number of benzene rings is 2. The van der Waals surface area contributed by atoms with Gasteiger partial charge in [-0.25, -0.2) is 9.10 Å². The maximum atomic E-state index is 12.9. The third-order valence-electron chi connectivity index (χ3n) is 3.37. The van der Waals surface area contributed by atoms with Crippen LogP contribution in [0.5, 0.6) is 0 Å². The van der Waals surface area contributed by atoms with E-state index in [4.69, 9.17) is 11.6 Å². The number of nitrogens with zero attached hydrogens (tertiary/aromatic N) is 1. The number of hydrogen-bond donors (Lipinski definition) is 2. The molecule has 3 nitrogen and oxygen atoms in total. The van der Waals surface area contributed by atoms with Crippen LogP contribution >= 0.6 is 24.4 Å². The van der Waals surface area contributed by atoms with Crippen molar-refractivity contribution in [3.05, 3.63) is 64.2 Å². The van der Waals surface area contributed by atoms with Crippen LogP contribution in [0.25, 0.3) is 0 Å². The van der Waals surface area contributed by atoms with Crippen molar-refractivity contribution in [1.82, 2.24) is 5.32 Å². The van der Waals surface area contributed by atoms with Crippen LogP contribution in [0.3, 0.4) is 0 Å². The monoisotopic (exact) mass is 428 g/mol. The molecular weight excluding hydrogens is 418 g/mol. The number of nitrogens with one attached hydrogen (secondary N) is 1. The van der Waals surface area contributed by atoms with Gasteiger partial charge in [0.2, 0.25) is 0 Å². The lowest BCUT2D eigenvalue weighted by molar-refractivity contribution is -0.143. The van der Waals surface area contributed by atoms with Gasteiger partial charge in [-0.05, 0) is 35.9 Å². The second-order valence-corrected chi connectivity index (χ2v) is 6.20. The number of halogens is 7. The van der Waals surface area contributed by atoms with E-state index >= 15 is 0 Å². The molecule has 2 aromatic carbocycles. The standard InChI is InChI=1S/C16H11ClF6N2OS/c17-12-3-1-9(2-4-12)8-24-14(26)25(27)13-6-10(15(18,19)20)5-11(7-13)16(21,22)23/h1-7,27H,8H2,(H,24,26). The van der Waals surface area contributed by atoms with Gasteiger partial charge < -0.3 is 5.32 Å². The molecule has 0 saturated carbocycles. The van der Waals surface area contributed by atoms with Crippen molar-refractivity contribution in [3.63, 3.8) is 0 Å². The minimum absolute atomic E-state index is 0.0296. The second-order valence-electron chi connectivity index (χ2n) is 5.36. The van der Waals surface area contributed by atoms with Crippen molar-refractivity contribution in [2.24, 2.45) is 0 Å². The summed E-state index contributed by atoms with van der Waals surface area (Å²) in [5.74, 6) is 0.